The molecule has 8 heteroatoms. The highest BCUT2D eigenvalue weighted by Crippen LogP contribution is 2.40. The van der Waals surface area contributed by atoms with Gasteiger partial charge in [-0.05, 0) is 48.7 Å². The van der Waals surface area contributed by atoms with E-state index in [1.54, 1.807) is 41.6 Å². The molecule has 0 aliphatic carbocycles. The standard InChI is InChI=1S/C26H21N3O2S3/c1-17-5-4-6-18(13-17)15-32-26-25-24(27-16-28-26)21-14-20(9-10-23(21)33-25)34(30,31)29-12-11-19-7-2-3-8-22(19)29/h2-10,13-14,16H,11-12,15H2,1H3. The van der Waals surface area contributed by atoms with E-state index in [9.17, 15) is 8.42 Å². The lowest BCUT2D eigenvalue weighted by molar-refractivity contribution is 0.592. The fourth-order valence-electron chi connectivity index (χ4n) is 4.44. The lowest BCUT2D eigenvalue weighted by Gasteiger charge is -2.19. The number of thiophene rings is 1. The summed E-state index contributed by atoms with van der Waals surface area (Å²) < 4.78 is 30.6. The van der Waals surface area contributed by atoms with Crippen molar-refractivity contribution in [1.82, 2.24) is 9.97 Å². The minimum atomic E-state index is -3.66. The fourth-order valence-corrected chi connectivity index (χ4v) is 8.12. The number of aryl methyl sites for hydroxylation is 1. The van der Waals surface area contributed by atoms with Gasteiger partial charge in [0.25, 0.3) is 10.0 Å². The molecule has 0 saturated carbocycles. The van der Waals surface area contributed by atoms with Crippen LogP contribution in [0.4, 0.5) is 5.69 Å². The highest BCUT2D eigenvalue weighted by atomic mass is 32.2. The molecule has 0 fully saturated rings. The molecule has 0 N–H and O–H groups in total. The number of anilines is 1. The minimum Gasteiger partial charge on any atom is -0.266 e. The predicted molar refractivity (Wildman–Crippen MR) is 140 cm³/mol. The minimum absolute atomic E-state index is 0.295. The summed E-state index contributed by atoms with van der Waals surface area (Å²) in [6.45, 7) is 2.56. The zero-order valence-corrected chi connectivity index (χ0v) is 20.9. The summed E-state index contributed by atoms with van der Waals surface area (Å²) in [5, 5.41) is 1.78. The molecule has 5 aromatic rings. The van der Waals surface area contributed by atoms with Crippen LogP contribution in [0.25, 0.3) is 20.3 Å². The third kappa shape index (κ3) is 3.66. The molecule has 0 bridgehead atoms. The number of hydrogen-bond donors (Lipinski definition) is 0. The molecule has 0 amide bonds. The number of nitrogens with zero attached hydrogens (tertiary/aromatic N) is 3. The molecule has 6 rings (SSSR count). The second-order valence-corrected chi connectivity index (χ2v) is 12.2. The average molecular weight is 504 g/mol. The second kappa shape index (κ2) is 8.37. The van der Waals surface area contributed by atoms with Gasteiger partial charge in [-0.25, -0.2) is 18.4 Å². The summed E-state index contributed by atoms with van der Waals surface area (Å²) in [7, 11) is -3.66. The predicted octanol–water partition coefficient (Wildman–Crippen LogP) is 6.20. The zero-order valence-electron chi connectivity index (χ0n) is 18.4. The molecule has 3 aromatic carbocycles. The van der Waals surface area contributed by atoms with Gasteiger partial charge < -0.3 is 0 Å². The number of fused-ring (bicyclic) bond motifs is 4. The molecule has 0 radical (unpaired) electrons. The van der Waals surface area contributed by atoms with Gasteiger partial charge in [0.15, 0.2) is 0 Å². The van der Waals surface area contributed by atoms with E-state index in [-0.39, 0.29) is 0 Å². The number of thioether (sulfide) groups is 1. The van der Waals surface area contributed by atoms with Crippen molar-refractivity contribution in [3.8, 4) is 0 Å². The first kappa shape index (κ1) is 21.6. The van der Waals surface area contributed by atoms with Crippen LogP contribution >= 0.6 is 23.1 Å². The number of aromatic nitrogens is 2. The van der Waals surface area contributed by atoms with Crippen LogP contribution in [0.1, 0.15) is 16.7 Å². The van der Waals surface area contributed by atoms with Crippen molar-refractivity contribution in [2.45, 2.75) is 29.0 Å². The van der Waals surface area contributed by atoms with Gasteiger partial charge in [0, 0.05) is 22.4 Å². The molecule has 3 heterocycles. The van der Waals surface area contributed by atoms with Gasteiger partial charge in [0.1, 0.15) is 11.4 Å². The van der Waals surface area contributed by atoms with E-state index in [4.69, 9.17) is 0 Å². The van der Waals surface area contributed by atoms with E-state index in [0.717, 1.165) is 48.8 Å². The van der Waals surface area contributed by atoms with E-state index >= 15 is 0 Å². The van der Waals surface area contributed by atoms with Crippen LogP contribution in [0.3, 0.4) is 0 Å². The van der Waals surface area contributed by atoms with Crippen molar-refractivity contribution in [2.24, 2.45) is 0 Å². The summed E-state index contributed by atoms with van der Waals surface area (Å²) >= 11 is 3.29. The van der Waals surface area contributed by atoms with Crippen molar-refractivity contribution in [1.29, 1.82) is 0 Å². The Morgan fingerprint density at radius 1 is 1.03 bits per heavy atom. The Morgan fingerprint density at radius 3 is 2.79 bits per heavy atom. The maximum atomic E-state index is 13.5. The number of benzene rings is 3. The first-order valence-electron chi connectivity index (χ1n) is 11.0. The highest BCUT2D eigenvalue weighted by molar-refractivity contribution is 7.98. The highest BCUT2D eigenvalue weighted by Gasteiger charge is 2.31. The van der Waals surface area contributed by atoms with Gasteiger partial charge in [0.05, 0.1) is 20.8 Å². The number of para-hydroxylation sites is 1. The van der Waals surface area contributed by atoms with E-state index in [1.807, 2.05) is 30.3 Å². The van der Waals surface area contributed by atoms with Gasteiger partial charge >= 0.3 is 0 Å². The van der Waals surface area contributed by atoms with Crippen LogP contribution < -0.4 is 4.31 Å². The Labute approximate surface area is 206 Å². The van der Waals surface area contributed by atoms with E-state index in [0.29, 0.717) is 11.4 Å². The van der Waals surface area contributed by atoms with Crippen LogP contribution in [0.2, 0.25) is 0 Å². The first-order valence-corrected chi connectivity index (χ1v) is 14.2. The number of rotatable bonds is 5. The molecule has 0 spiro atoms. The quantitative estimate of drug-likeness (QED) is 0.211. The Morgan fingerprint density at radius 2 is 1.91 bits per heavy atom. The summed E-state index contributed by atoms with van der Waals surface area (Å²) in [4.78, 5) is 9.36. The number of hydrogen-bond acceptors (Lipinski definition) is 6. The third-order valence-electron chi connectivity index (χ3n) is 6.08. The Bertz CT molecular complexity index is 1660. The Hall–Kier alpha value is -2.94. The van der Waals surface area contributed by atoms with Crippen molar-refractivity contribution in [3.63, 3.8) is 0 Å². The molecule has 170 valence electrons. The molecule has 34 heavy (non-hydrogen) atoms. The largest absolute Gasteiger partial charge is 0.266 e. The lowest BCUT2D eigenvalue weighted by atomic mass is 10.2. The van der Waals surface area contributed by atoms with Crippen LogP contribution in [0.15, 0.2) is 83.0 Å². The van der Waals surface area contributed by atoms with Crippen LogP contribution in [-0.4, -0.2) is 24.9 Å². The van der Waals surface area contributed by atoms with Crippen molar-refractivity contribution < 1.29 is 8.42 Å². The van der Waals surface area contributed by atoms with Crippen LogP contribution in [-0.2, 0) is 22.2 Å². The SMILES string of the molecule is Cc1cccc(CSc2ncnc3c2sc2ccc(S(=O)(=O)N4CCc5ccccc54)cc23)c1. The number of sulfonamides is 1. The van der Waals surface area contributed by atoms with Crippen molar-refractivity contribution in [2.75, 3.05) is 10.8 Å². The molecule has 0 atom stereocenters. The van der Waals surface area contributed by atoms with Crippen molar-refractivity contribution in [3.05, 3.63) is 89.7 Å². The van der Waals surface area contributed by atoms with E-state index < -0.39 is 10.0 Å². The van der Waals surface area contributed by atoms with Gasteiger partial charge in [-0.2, -0.15) is 0 Å². The summed E-state index contributed by atoms with van der Waals surface area (Å²) in [5.41, 5.74) is 5.13. The second-order valence-electron chi connectivity index (χ2n) is 8.35. The lowest BCUT2D eigenvalue weighted by Crippen LogP contribution is -2.29. The normalized spacial score (nSPS) is 13.6. The molecule has 1 aliphatic heterocycles. The van der Waals surface area contributed by atoms with Gasteiger partial charge in [0.2, 0.25) is 0 Å². The van der Waals surface area contributed by atoms with Crippen LogP contribution in [0, 0.1) is 6.92 Å². The van der Waals surface area contributed by atoms with Gasteiger partial charge in [-0.15, -0.1) is 23.1 Å². The maximum Gasteiger partial charge on any atom is 0.264 e. The zero-order chi connectivity index (χ0) is 23.3. The molecular weight excluding hydrogens is 483 g/mol. The molecule has 5 nitrogen and oxygen atoms in total. The molecule has 0 unspecified atom stereocenters. The molecule has 2 aromatic heterocycles. The van der Waals surface area contributed by atoms with Gasteiger partial charge in [-0.1, -0.05) is 48.0 Å². The van der Waals surface area contributed by atoms with E-state index in [2.05, 4.69) is 41.2 Å². The van der Waals surface area contributed by atoms with E-state index in [1.165, 1.54) is 15.4 Å². The van der Waals surface area contributed by atoms with Gasteiger partial charge in [-0.3, -0.25) is 4.31 Å². The van der Waals surface area contributed by atoms with Crippen molar-refractivity contribution >= 4 is 59.1 Å². The summed E-state index contributed by atoms with van der Waals surface area (Å²) in [5.74, 6) is 0.816. The first-order chi connectivity index (χ1) is 16.5. The monoisotopic (exact) mass is 503 g/mol. The van der Waals surface area contributed by atoms with Crippen LogP contribution in [0.5, 0.6) is 0 Å². The fraction of sp³-hybridized carbons (Fsp3) is 0.154. The third-order valence-corrected chi connectivity index (χ3v) is 10.2. The summed E-state index contributed by atoms with van der Waals surface area (Å²) in [6, 6.07) is 21.6. The molecular formula is C26H21N3O2S3. The Kier molecular flexibility index (Phi) is 5.32. The average Bonchev–Trinajstić information content (AvgIpc) is 3.45. The Balaban J connectivity index is 1.38. The topological polar surface area (TPSA) is 63.2 Å². The smallest absolute Gasteiger partial charge is 0.264 e. The maximum absolute atomic E-state index is 13.5. The molecule has 0 saturated heterocycles. The summed E-state index contributed by atoms with van der Waals surface area (Å²) in [6.07, 6.45) is 2.30. The molecule has 1 aliphatic rings.